The average molecular weight is 492 g/mol. The molecule has 0 bridgehead atoms. The fraction of sp³-hybridized carbons (Fsp3) is 0.429. The van der Waals surface area contributed by atoms with Gasteiger partial charge in [-0.15, -0.1) is 0 Å². The van der Waals surface area contributed by atoms with Crippen LogP contribution in [-0.2, 0) is 10.5 Å². The molecule has 0 amide bonds. The Labute approximate surface area is 200 Å². The standard InChI is InChI=1S/C21H23Cl2N7OS/c22-15-2-1-14(11-16(15)23)12-32-20-18-17(25-13-26-20)19(29-7-9-31-10-8-29)28-21(27-18)30-5-3-24-4-6-30/h1-2,11,13,24H,3-10,12H2. The number of aromatic nitrogens is 4. The lowest BCUT2D eigenvalue weighted by Gasteiger charge is -2.31. The molecule has 168 valence electrons. The second-order valence-corrected chi connectivity index (χ2v) is 9.38. The molecule has 1 N–H and O–H groups in total. The number of thioether (sulfide) groups is 1. The van der Waals surface area contributed by atoms with Crippen molar-refractivity contribution in [1.82, 2.24) is 25.3 Å². The van der Waals surface area contributed by atoms with Crippen molar-refractivity contribution in [2.45, 2.75) is 10.8 Å². The Kier molecular flexibility index (Phi) is 6.80. The predicted octanol–water partition coefficient (Wildman–Crippen LogP) is 3.27. The number of nitrogens with zero attached hydrogens (tertiary/aromatic N) is 6. The van der Waals surface area contributed by atoms with Gasteiger partial charge in [-0.3, -0.25) is 0 Å². The third kappa shape index (κ3) is 4.72. The third-order valence-corrected chi connectivity index (χ3v) is 7.28. The van der Waals surface area contributed by atoms with E-state index < -0.39 is 0 Å². The van der Waals surface area contributed by atoms with Crippen LogP contribution in [0.25, 0.3) is 11.0 Å². The Bertz CT molecular complexity index is 1110. The number of ether oxygens (including phenoxy) is 1. The van der Waals surface area contributed by atoms with Crippen LogP contribution in [-0.4, -0.2) is 72.4 Å². The molecule has 11 heteroatoms. The molecule has 2 fully saturated rings. The van der Waals surface area contributed by atoms with Gasteiger partial charge in [-0.2, -0.15) is 4.98 Å². The first kappa shape index (κ1) is 21.9. The van der Waals surface area contributed by atoms with E-state index >= 15 is 0 Å². The summed E-state index contributed by atoms with van der Waals surface area (Å²) in [4.78, 5) is 23.5. The first-order chi connectivity index (χ1) is 15.7. The molecule has 32 heavy (non-hydrogen) atoms. The summed E-state index contributed by atoms with van der Waals surface area (Å²) < 4.78 is 5.55. The summed E-state index contributed by atoms with van der Waals surface area (Å²) in [6.07, 6.45) is 1.59. The van der Waals surface area contributed by atoms with Crippen molar-refractivity contribution in [2.75, 3.05) is 62.3 Å². The highest BCUT2D eigenvalue weighted by Gasteiger charge is 2.23. The van der Waals surface area contributed by atoms with E-state index in [1.807, 2.05) is 18.2 Å². The molecule has 1 aromatic carbocycles. The third-order valence-electron chi connectivity index (χ3n) is 5.49. The lowest BCUT2D eigenvalue weighted by atomic mass is 10.2. The van der Waals surface area contributed by atoms with E-state index in [1.165, 1.54) is 0 Å². The van der Waals surface area contributed by atoms with Crippen LogP contribution < -0.4 is 15.1 Å². The monoisotopic (exact) mass is 491 g/mol. The highest BCUT2D eigenvalue weighted by Crippen LogP contribution is 2.33. The smallest absolute Gasteiger partial charge is 0.228 e. The molecule has 3 aromatic rings. The van der Waals surface area contributed by atoms with E-state index in [0.29, 0.717) is 29.0 Å². The van der Waals surface area contributed by atoms with Gasteiger partial charge < -0.3 is 19.9 Å². The van der Waals surface area contributed by atoms with Gasteiger partial charge in [0.05, 0.1) is 23.3 Å². The number of benzene rings is 1. The van der Waals surface area contributed by atoms with Crippen molar-refractivity contribution < 1.29 is 4.74 Å². The summed E-state index contributed by atoms with van der Waals surface area (Å²) in [6, 6.07) is 5.69. The van der Waals surface area contributed by atoms with Crippen LogP contribution >= 0.6 is 35.0 Å². The van der Waals surface area contributed by atoms with Gasteiger partial charge in [0.25, 0.3) is 0 Å². The summed E-state index contributed by atoms with van der Waals surface area (Å²) in [6.45, 7) is 6.49. The van der Waals surface area contributed by atoms with E-state index in [-0.39, 0.29) is 0 Å². The summed E-state index contributed by atoms with van der Waals surface area (Å²) in [7, 11) is 0. The summed E-state index contributed by atoms with van der Waals surface area (Å²) in [5.41, 5.74) is 2.63. The molecule has 0 aliphatic carbocycles. The van der Waals surface area contributed by atoms with Crippen LogP contribution in [0.2, 0.25) is 10.0 Å². The molecule has 8 nitrogen and oxygen atoms in total. The maximum atomic E-state index is 6.19. The molecule has 2 aliphatic rings. The zero-order chi connectivity index (χ0) is 21.9. The molecule has 0 radical (unpaired) electrons. The first-order valence-electron chi connectivity index (χ1n) is 10.6. The van der Waals surface area contributed by atoms with Crippen molar-refractivity contribution in [1.29, 1.82) is 0 Å². The molecule has 0 unspecified atom stereocenters. The maximum absolute atomic E-state index is 6.19. The number of rotatable bonds is 5. The van der Waals surface area contributed by atoms with Gasteiger partial charge in [0.15, 0.2) is 5.82 Å². The fourth-order valence-corrected chi connectivity index (χ4v) is 4.99. The number of halogens is 2. The Morgan fingerprint density at radius 3 is 2.53 bits per heavy atom. The molecular formula is C21H23Cl2N7OS. The van der Waals surface area contributed by atoms with Crippen LogP contribution in [0, 0.1) is 0 Å². The minimum absolute atomic E-state index is 0.551. The zero-order valence-corrected chi connectivity index (χ0v) is 19.8. The second-order valence-electron chi connectivity index (χ2n) is 7.60. The predicted molar refractivity (Wildman–Crippen MR) is 129 cm³/mol. The van der Waals surface area contributed by atoms with E-state index in [9.17, 15) is 0 Å². The zero-order valence-electron chi connectivity index (χ0n) is 17.4. The first-order valence-corrected chi connectivity index (χ1v) is 12.3. The van der Waals surface area contributed by atoms with Gasteiger partial charge in [-0.05, 0) is 17.7 Å². The van der Waals surface area contributed by atoms with Gasteiger partial charge in [-0.1, -0.05) is 41.0 Å². The highest BCUT2D eigenvalue weighted by molar-refractivity contribution is 7.98. The number of fused-ring (bicyclic) bond motifs is 1. The van der Waals surface area contributed by atoms with Gasteiger partial charge >= 0.3 is 0 Å². The van der Waals surface area contributed by atoms with E-state index in [4.69, 9.17) is 37.9 Å². The molecule has 0 spiro atoms. The van der Waals surface area contributed by atoms with Crippen molar-refractivity contribution in [3.05, 3.63) is 40.1 Å². The van der Waals surface area contributed by atoms with Crippen molar-refractivity contribution in [3.8, 4) is 0 Å². The number of piperazine rings is 1. The number of morpholine rings is 1. The Hall–Kier alpha value is -1.91. The molecule has 0 atom stereocenters. The van der Waals surface area contributed by atoms with Crippen LogP contribution in [0.3, 0.4) is 0 Å². The molecule has 0 saturated carbocycles. The quantitative estimate of drug-likeness (QED) is 0.427. The number of nitrogens with one attached hydrogen (secondary N) is 1. The maximum Gasteiger partial charge on any atom is 0.228 e. The normalized spacial score (nSPS) is 17.2. The number of hydrogen-bond donors (Lipinski definition) is 1. The van der Waals surface area contributed by atoms with Gasteiger partial charge in [0, 0.05) is 45.0 Å². The Morgan fingerprint density at radius 2 is 1.75 bits per heavy atom. The molecule has 2 saturated heterocycles. The molecule has 2 aliphatic heterocycles. The van der Waals surface area contributed by atoms with E-state index in [0.717, 1.165) is 72.7 Å². The van der Waals surface area contributed by atoms with Gasteiger partial charge in [-0.25, -0.2) is 15.0 Å². The number of hydrogen-bond acceptors (Lipinski definition) is 9. The minimum atomic E-state index is 0.551. The largest absolute Gasteiger partial charge is 0.378 e. The Balaban J connectivity index is 1.52. The van der Waals surface area contributed by atoms with E-state index in [2.05, 4.69) is 25.1 Å². The summed E-state index contributed by atoms with van der Waals surface area (Å²) >= 11 is 13.9. The van der Waals surface area contributed by atoms with Gasteiger partial charge in [0.1, 0.15) is 22.4 Å². The lowest BCUT2D eigenvalue weighted by molar-refractivity contribution is 0.122. The van der Waals surface area contributed by atoms with Gasteiger partial charge in [0.2, 0.25) is 5.95 Å². The van der Waals surface area contributed by atoms with Crippen LogP contribution in [0.15, 0.2) is 29.6 Å². The van der Waals surface area contributed by atoms with Crippen molar-refractivity contribution >= 4 is 57.8 Å². The average Bonchev–Trinajstić information content (AvgIpc) is 2.85. The highest BCUT2D eigenvalue weighted by atomic mass is 35.5. The lowest BCUT2D eigenvalue weighted by Crippen LogP contribution is -2.44. The molecule has 2 aromatic heterocycles. The van der Waals surface area contributed by atoms with Crippen molar-refractivity contribution in [3.63, 3.8) is 0 Å². The fourth-order valence-electron chi connectivity index (χ4n) is 3.79. The Morgan fingerprint density at radius 1 is 0.938 bits per heavy atom. The summed E-state index contributed by atoms with van der Waals surface area (Å²) in [5.74, 6) is 2.28. The second kappa shape index (κ2) is 9.93. The van der Waals surface area contributed by atoms with Crippen LogP contribution in [0.1, 0.15) is 5.56 Å². The van der Waals surface area contributed by atoms with Crippen LogP contribution in [0.5, 0.6) is 0 Å². The van der Waals surface area contributed by atoms with Crippen LogP contribution in [0.4, 0.5) is 11.8 Å². The summed E-state index contributed by atoms with van der Waals surface area (Å²) in [5, 5.41) is 5.32. The molecular weight excluding hydrogens is 469 g/mol. The minimum Gasteiger partial charge on any atom is -0.378 e. The number of anilines is 2. The SMILES string of the molecule is Clc1ccc(CSc2ncnc3c(N4CCOCC4)nc(N4CCNCC4)nc23)cc1Cl. The molecule has 4 heterocycles. The van der Waals surface area contributed by atoms with E-state index in [1.54, 1.807) is 18.1 Å². The molecule has 5 rings (SSSR count). The topological polar surface area (TPSA) is 79.3 Å². The van der Waals surface area contributed by atoms with Crippen molar-refractivity contribution in [2.24, 2.45) is 0 Å².